The molecular weight excluding hydrogens is 266 g/mol. The van der Waals surface area contributed by atoms with Crippen LogP contribution in [0.1, 0.15) is 70.5 Å². The van der Waals surface area contributed by atoms with Crippen LogP contribution < -0.4 is 0 Å². The van der Waals surface area contributed by atoms with Crippen molar-refractivity contribution in [3.63, 3.8) is 0 Å². The molecule has 0 aromatic carbocycles. The van der Waals surface area contributed by atoms with Crippen molar-refractivity contribution in [2.75, 3.05) is 5.75 Å². The molecule has 0 saturated carbocycles. The summed E-state index contributed by atoms with van der Waals surface area (Å²) >= 11 is 1.76. The Morgan fingerprint density at radius 2 is 1.85 bits per heavy atom. The van der Waals surface area contributed by atoms with Crippen LogP contribution in [0.4, 0.5) is 0 Å². The Hall–Kier alpha value is -0.770. The summed E-state index contributed by atoms with van der Waals surface area (Å²) in [5.74, 6) is 2.18. The zero-order valence-corrected chi connectivity index (χ0v) is 13.7. The van der Waals surface area contributed by atoms with E-state index in [4.69, 9.17) is 0 Å². The molecule has 3 nitrogen and oxygen atoms in total. The number of aryl methyl sites for hydroxylation is 1. The molecule has 0 unspecified atom stereocenters. The van der Waals surface area contributed by atoms with E-state index in [0.29, 0.717) is 0 Å². The van der Waals surface area contributed by atoms with E-state index in [9.17, 15) is 0 Å². The summed E-state index contributed by atoms with van der Waals surface area (Å²) in [6.07, 6.45) is 14.5. The van der Waals surface area contributed by atoms with Gasteiger partial charge in [0.15, 0.2) is 0 Å². The highest BCUT2D eigenvalue weighted by Gasteiger charge is 2.03. The minimum absolute atomic E-state index is 0.915. The van der Waals surface area contributed by atoms with Crippen molar-refractivity contribution < 1.29 is 0 Å². The predicted octanol–water partition coefficient (Wildman–Crippen LogP) is 5.16. The zero-order valence-electron chi connectivity index (χ0n) is 12.9. The third-order valence-electron chi connectivity index (χ3n) is 3.31. The van der Waals surface area contributed by atoms with Crippen molar-refractivity contribution >= 4 is 11.8 Å². The number of nitrogens with one attached hydrogen (secondary N) is 1. The Morgan fingerprint density at radius 1 is 1.10 bits per heavy atom. The first kappa shape index (κ1) is 17.3. The molecule has 0 aliphatic carbocycles. The first-order valence-corrected chi connectivity index (χ1v) is 9.00. The van der Waals surface area contributed by atoms with E-state index in [1.165, 1.54) is 51.4 Å². The normalized spacial score (nSPS) is 10.8. The molecule has 0 bridgehead atoms. The number of rotatable bonds is 13. The van der Waals surface area contributed by atoms with E-state index < -0.39 is 0 Å². The van der Waals surface area contributed by atoms with Gasteiger partial charge in [0.2, 0.25) is 5.16 Å². The lowest BCUT2D eigenvalue weighted by atomic mass is 10.1. The lowest BCUT2D eigenvalue weighted by molar-refractivity contribution is 0.591. The van der Waals surface area contributed by atoms with Crippen LogP contribution >= 0.6 is 11.8 Å². The van der Waals surface area contributed by atoms with Crippen LogP contribution in [0, 0.1) is 0 Å². The fraction of sp³-hybridized carbons (Fsp3) is 0.750. The number of aromatic nitrogens is 3. The third kappa shape index (κ3) is 8.41. The second kappa shape index (κ2) is 12.0. The predicted molar refractivity (Wildman–Crippen MR) is 88.2 cm³/mol. The Balaban J connectivity index is 2.00. The summed E-state index contributed by atoms with van der Waals surface area (Å²) in [6, 6.07) is 0. The molecule has 0 amide bonds. The van der Waals surface area contributed by atoms with Crippen LogP contribution in [0.15, 0.2) is 17.8 Å². The number of hydrogen-bond acceptors (Lipinski definition) is 3. The SMILES string of the molecule is C=CCCCCCCCCc1nc(SCCCC)n[nH]1. The van der Waals surface area contributed by atoms with Crippen LogP contribution in [0.2, 0.25) is 0 Å². The van der Waals surface area contributed by atoms with Gasteiger partial charge in [0, 0.05) is 12.2 Å². The van der Waals surface area contributed by atoms with E-state index in [0.717, 1.165) is 29.6 Å². The standard InChI is InChI=1S/C16H29N3S/c1-3-5-7-8-9-10-11-12-13-15-17-16(19-18-15)20-14-6-4-2/h3H,1,4-14H2,2H3,(H,17,18,19). The zero-order chi connectivity index (χ0) is 14.5. The second-order valence-electron chi connectivity index (χ2n) is 5.22. The average molecular weight is 295 g/mol. The van der Waals surface area contributed by atoms with Gasteiger partial charge in [-0.1, -0.05) is 56.9 Å². The molecule has 0 aliphatic heterocycles. The quantitative estimate of drug-likeness (QED) is 0.310. The Morgan fingerprint density at radius 3 is 2.60 bits per heavy atom. The van der Waals surface area contributed by atoms with E-state index in [2.05, 4.69) is 28.7 Å². The summed E-state index contributed by atoms with van der Waals surface area (Å²) < 4.78 is 0. The largest absolute Gasteiger partial charge is 0.262 e. The fourth-order valence-electron chi connectivity index (χ4n) is 2.05. The number of unbranched alkanes of at least 4 members (excludes halogenated alkanes) is 7. The maximum Gasteiger partial charge on any atom is 0.208 e. The van der Waals surface area contributed by atoms with E-state index >= 15 is 0 Å². The number of allylic oxidation sites excluding steroid dienone is 1. The van der Waals surface area contributed by atoms with Gasteiger partial charge in [-0.05, 0) is 25.7 Å². The Labute approximate surface area is 128 Å². The molecule has 20 heavy (non-hydrogen) atoms. The van der Waals surface area contributed by atoms with Gasteiger partial charge in [0.25, 0.3) is 0 Å². The van der Waals surface area contributed by atoms with Crippen molar-refractivity contribution in [1.82, 2.24) is 15.2 Å². The van der Waals surface area contributed by atoms with Crippen molar-refractivity contribution in [1.29, 1.82) is 0 Å². The number of thioether (sulfide) groups is 1. The highest BCUT2D eigenvalue weighted by molar-refractivity contribution is 7.99. The van der Waals surface area contributed by atoms with Gasteiger partial charge in [0.05, 0.1) is 0 Å². The molecular formula is C16H29N3S. The maximum atomic E-state index is 4.53. The smallest absolute Gasteiger partial charge is 0.208 e. The Bertz CT molecular complexity index is 349. The van der Waals surface area contributed by atoms with Gasteiger partial charge in [-0.2, -0.15) is 0 Å². The lowest BCUT2D eigenvalue weighted by Crippen LogP contribution is -1.89. The third-order valence-corrected chi connectivity index (χ3v) is 4.25. The van der Waals surface area contributed by atoms with E-state index in [-0.39, 0.29) is 0 Å². The molecule has 1 rings (SSSR count). The average Bonchev–Trinajstić information content (AvgIpc) is 2.90. The molecule has 1 aromatic heterocycles. The van der Waals surface area contributed by atoms with Crippen LogP contribution in [-0.4, -0.2) is 20.9 Å². The molecule has 1 aromatic rings. The molecule has 1 heterocycles. The van der Waals surface area contributed by atoms with Crippen molar-refractivity contribution in [3.05, 3.63) is 18.5 Å². The van der Waals surface area contributed by atoms with Crippen molar-refractivity contribution in [3.8, 4) is 0 Å². The summed E-state index contributed by atoms with van der Waals surface area (Å²) in [4.78, 5) is 4.53. The van der Waals surface area contributed by atoms with Gasteiger partial charge < -0.3 is 0 Å². The van der Waals surface area contributed by atoms with Gasteiger partial charge >= 0.3 is 0 Å². The van der Waals surface area contributed by atoms with Crippen molar-refractivity contribution in [2.24, 2.45) is 0 Å². The highest BCUT2D eigenvalue weighted by atomic mass is 32.2. The first-order chi connectivity index (χ1) is 9.86. The molecule has 0 radical (unpaired) electrons. The minimum Gasteiger partial charge on any atom is -0.262 e. The minimum atomic E-state index is 0.915. The summed E-state index contributed by atoms with van der Waals surface area (Å²) in [5, 5.41) is 8.23. The van der Waals surface area contributed by atoms with Crippen LogP contribution in [0.25, 0.3) is 0 Å². The first-order valence-electron chi connectivity index (χ1n) is 8.01. The number of H-pyrrole nitrogens is 1. The fourth-order valence-corrected chi connectivity index (χ4v) is 2.95. The van der Waals surface area contributed by atoms with Gasteiger partial charge in [0.1, 0.15) is 5.82 Å². The molecule has 0 spiro atoms. The summed E-state index contributed by atoms with van der Waals surface area (Å²) in [7, 11) is 0. The Kier molecular flexibility index (Phi) is 10.4. The molecule has 0 aliphatic rings. The van der Waals surface area contributed by atoms with E-state index in [1.807, 2.05) is 6.08 Å². The topological polar surface area (TPSA) is 41.6 Å². The molecule has 4 heteroatoms. The molecule has 0 saturated heterocycles. The maximum absolute atomic E-state index is 4.53. The van der Waals surface area contributed by atoms with Gasteiger partial charge in [-0.3, -0.25) is 5.10 Å². The molecule has 114 valence electrons. The van der Waals surface area contributed by atoms with Crippen LogP contribution in [-0.2, 0) is 6.42 Å². The number of nitrogens with zero attached hydrogens (tertiary/aromatic N) is 2. The molecule has 1 N–H and O–H groups in total. The van der Waals surface area contributed by atoms with Gasteiger partial charge in [-0.25, -0.2) is 4.98 Å². The summed E-state index contributed by atoms with van der Waals surface area (Å²) in [6.45, 7) is 5.96. The lowest BCUT2D eigenvalue weighted by Gasteiger charge is -1.99. The monoisotopic (exact) mass is 295 g/mol. The summed E-state index contributed by atoms with van der Waals surface area (Å²) in [5.41, 5.74) is 0. The van der Waals surface area contributed by atoms with Crippen molar-refractivity contribution in [2.45, 2.75) is 76.3 Å². The van der Waals surface area contributed by atoms with Gasteiger partial charge in [-0.15, -0.1) is 11.7 Å². The molecule has 0 fully saturated rings. The van der Waals surface area contributed by atoms with Crippen LogP contribution in [0.3, 0.4) is 0 Å². The molecule has 0 atom stereocenters. The number of hydrogen-bond donors (Lipinski definition) is 1. The van der Waals surface area contributed by atoms with E-state index in [1.54, 1.807) is 11.8 Å². The second-order valence-corrected chi connectivity index (χ2v) is 6.28. The van der Waals surface area contributed by atoms with Crippen LogP contribution in [0.5, 0.6) is 0 Å². The number of aromatic amines is 1. The highest BCUT2D eigenvalue weighted by Crippen LogP contribution is 2.15.